The molecular formula is C15H15F3N4O2. The second kappa shape index (κ2) is 6.60. The fourth-order valence-electron chi connectivity index (χ4n) is 2.61. The lowest BCUT2D eigenvalue weighted by Crippen LogP contribution is -2.42. The highest BCUT2D eigenvalue weighted by Crippen LogP contribution is 2.25. The van der Waals surface area contributed by atoms with Crippen molar-refractivity contribution in [3.8, 4) is 11.4 Å². The summed E-state index contributed by atoms with van der Waals surface area (Å²) < 4.78 is 40.6. The minimum atomic E-state index is -4.64. The van der Waals surface area contributed by atoms with Crippen molar-refractivity contribution in [2.24, 2.45) is 0 Å². The Morgan fingerprint density at radius 2 is 2.00 bits per heavy atom. The number of carbonyl (C=O) groups is 1. The molecule has 1 aliphatic rings. The van der Waals surface area contributed by atoms with Crippen molar-refractivity contribution in [3.05, 3.63) is 36.2 Å². The molecular weight excluding hydrogens is 325 g/mol. The van der Waals surface area contributed by atoms with E-state index in [1.807, 2.05) is 6.07 Å². The molecule has 0 saturated carbocycles. The average molecular weight is 340 g/mol. The van der Waals surface area contributed by atoms with Crippen molar-refractivity contribution < 1.29 is 22.7 Å². The highest BCUT2D eigenvalue weighted by Gasteiger charge is 2.35. The topological polar surface area (TPSA) is 71.1 Å². The van der Waals surface area contributed by atoms with Crippen LogP contribution in [0.15, 0.2) is 30.5 Å². The fraction of sp³-hybridized carbons (Fsp3) is 0.400. The first kappa shape index (κ1) is 16.4. The molecule has 2 aromatic rings. The third-order valence-electron chi connectivity index (χ3n) is 3.77. The predicted octanol–water partition coefficient (Wildman–Crippen LogP) is 2.61. The summed E-state index contributed by atoms with van der Waals surface area (Å²) in [5, 5.41) is 6.72. The molecule has 1 saturated heterocycles. The minimum Gasteiger partial charge on any atom is -0.337 e. The number of hydrogen-bond donors (Lipinski definition) is 1. The molecule has 0 unspecified atom stereocenters. The van der Waals surface area contributed by atoms with Crippen LogP contribution >= 0.6 is 0 Å². The van der Waals surface area contributed by atoms with Crippen molar-refractivity contribution in [3.63, 3.8) is 0 Å². The summed E-state index contributed by atoms with van der Waals surface area (Å²) in [7, 11) is 0. The highest BCUT2D eigenvalue weighted by molar-refractivity contribution is 5.93. The number of pyridine rings is 1. The third kappa shape index (κ3) is 3.91. The quantitative estimate of drug-likeness (QED) is 0.932. The van der Waals surface area contributed by atoms with Gasteiger partial charge in [-0.25, -0.2) is 0 Å². The summed E-state index contributed by atoms with van der Waals surface area (Å²) in [5.74, 6) is -0.296. The lowest BCUT2D eigenvalue weighted by atomic mass is 10.1. The fourth-order valence-corrected chi connectivity index (χ4v) is 2.61. The molecule has 24 heavy (non-hydrogen) atoms. The van der Waals surface area contributed by atoms with E-state index >= 15 is 0 Å². The summed E-state index contributed by atoms with van der Waals surface area (Å²) in [5.41, 5.74) is 1.45. The van der Waals surface area contributed by atoms with Crippen LogP contribution in [0.4, 0.5) is 13.2 Å². The Labute approximate surface area is 135 Å². The number of nitrogens with zero attached hydrogens (tertiary/aromatic N) is 3. The molecule has 0 bridgehead atoms. The molecule has 1 fully saturated rings. The van der Waals surface area contributed by atoms with Gasteiger partial charge in [-0.05, 0) is 31.0 Å². The molecule has 3 heterocycles. The summed E-state index contributed by atoms with van der Waals surface area (Å²) >= 11 is 0. The molecule has 6 nitrogen and oxygen atoms in total. The number of piperidine rings is 1. The van der Waals surface area contributed by atoms with Crippen molar-refractivity contribution in [2.75, 3.05) is 13.1 Å². The zero-order valence-corrected chi connectivity index (χ0v) is 12.6. The van der Waals surface area contributed by atoms with Gasteiger partial charge in [0, 0.05) is 19.3 Å². The van der Waals surface area contributed by atoms with Gasteiger partial charge in [0.1, 0.15) is 11.4 Å². The Morgan fingerprint density at radius 3 is 2.62 bits per heavy atom. The number of hydrogen-bond acceptors (Lipinski definition) is 4. The largest absolute Gasteiger partial charge is 0.522 e. The average Bonchev–Trinajstić information content (AvgIpc) is 3.04. The first-order valence-electron chi connectivity index (χ1n) is 7.43. The number of aromatic nitrogens is 3. The van der Waals surface area contributed by atoms with Gasteiger partial charge in [0.15, 0.2) is 0 Å². The van der Waals surface area contributed by atoms with Crippen LogP contribution < -0.4 is 0 Å². The maximum Gasteiger partial charge on any atom is 0.522 e. The van der Waals surface area contributed by atoms with Crippen LogP contribution in [-0.4, -0.2) is 51.5 Å². The number of halogens is 3. The van der Waals surface area contributed by atoms with Gasteiger partial charge in [0.25, 0.3) is 5.91 Å². The van der Waals surface area contributed by atoms with Crippen molar-refractivity contribution >= 4 is 5.91 Å². The number of rotatable bonds is 3. The van der Waals surface area contributed by atoms with E-state index < -0.39 is 12.5 Å². The molecule has 2 aromatic heterocycles. The molecule has 1 amide bonds. The Kier molecular flexibility index (Phi) is 4.52. The summed E-state index contributed by atoms with van der Waals surface area (Å²) in [6.07, 6.45) is -3.63. The van der Waals surface area contributed by atoms with E-state index in [0.717, 1.165) is 0 Å². The zero-order valence-electron chi connectivity index (χ0n) is 12.6. The van der Waals surface area contributed by atoms with Gasteiger partial charge in [-0.3, -0.25) is 19.6 Å². The maximum absolute atomic E-state index is 12.4. The molecule has 0 radical (unpaired) electrons. The van der Waals surface area contributed by atoms with Crippen molar-refractivity contribution in [2.45, 2.75) is 25.3 Å². The standard InChI is InChI=1S/C15H15F3N4O2/c16-15(17,18)24-10-4-7-22(8-5-10)14(23)13-9-12(20-21-13)11-3-1-2-6-19-11/h1-3,6,9-10H,4-5,7-8H2,(H,20,21). The van der Waals surface area contributed by atoms with Crippen LogP contribution in [0.5, 0.6) is 0 Å². The number of ether oxygens (including phenoxy) is 1. The van der Waals surface area contributed by atoms with E-state index in [-0.39, 0.29) is 37.5 Å². The molecule has 9 heteroatoms. The lowest BCUT2D eigenvalue weighted by Gasteiger charge is -2.31. The number of alkyl halides is 3. The van der Waals surface area contributed by atoms with Crippen LogP contribution in [0, 0.1) is 0 Å². The highest BCUT2D eigenvalue weighted by atomic mass is 19.4. The van der Waals surface area contributed by atoms with E-state index in [1.54, 1.807) is 24.4 Å². The molecule has 1 aliphatic heterocycles. The molecule has 0 aliphatic carbocycles. The van der Waals surface area contributed by atoms with Gasteiger partial charge in [-0.15, -0.1) is 13.2 Å². The van der Waals surface area contributed by atoms with Gasteiger partial charge < -0.3 is 4.90 Å². The first-order chi connectivity index (χ1) is 11.4. The van der Waals surface area contributed by atoms with Gasteiger partial charge >= 0.3 is 6.36 Å². The van der Waals surface area contributed by atoms with Gasteiger partial charge in [0.2, 0.25) is 0 Å². The molecule has 3 rings (SSSR count). The Bertz CT molecular complexity index is 694. The molecule has 1 N–H and O–H groups in total. The van der Waals surface area contributed by atoms with E-state index in [4.69, 9.17) is 0 Å². The Hall–Kier alpha value is -2.42. The Morgan fingerprint density at radius 1 is 1.25 bits per heavy atom. The normalized spacial score (nSPS) is 16.4. The summed E-state index contributed by atoms with van der Waals surface area (Å²) in [6.45, 7) is 0.412. The number of likely N-dealkylation sites (tertiary alicyclic amines) is 1. The number of carbonyl (C=O) groups excluding carboxylic acids is 1. The van der Waals surface area contributed by atoms with Gasteiger partial charge in [-0.2, -0.15) is 5.10 Å². The van der Waals surface area contributed by atoms with E-state index in [0.29, 0.717) is 11.4 Å². The number of amides is 1. The number of nitrogens with one attached hydrogen (secondary N) is 1. The van der Waals surface area contributed by atoms with Gasteiger partial charge in [-0.1, -0.05) is 6.07 Å². The smallest absolute Gasteiger partial charge is 0.337 e. The lowest BCUT2D eigenvalue weighted by molar-refractivity contribution is -0.345. The van der Waals surface area contributed by atoms with Crippen molar-refractivity contribution in [1.82, 2.24) is 20.1 Å². The van der Waals surface area contributed by atoms with E-state index in [1.165, 1.54) is 4.90 Å². The van der Waals surface area contributed by atoms with Gasteiger partial charge in [0.05, 0.1) is 11.8 Å². The maximum atomic E-state index is 12.4. The third-order valence-corrected chi connectivity index (χ3v) is 3.77. The predicted molar refractivity (Wildman–Crippen MR) is 77.9 cm³/mol. The summed E-state index contributed by atoms with van der Waals surface area (Å²) in [6, 6.07) is 6.94. The van der Waals surface area contributed by atoms with Crippen LogP contribution in [0.25, 0.3) is 11.4 Å². The van der Waals surface area contributed by atoms with Crippen molar-refractivity contribution in [1.29, 1.82) is 0 Å². The van der Waals surface area contributed by atoms with Crippen LogP contribution in [0.3, 0.4) is 0 Å². The monoisotopic (exact) mass is 340 g/mol. The SMILES string of the molecule is O=C(c1cc(-c2ccccn2)n[nH]1)N1CCC(OC(F)(F)F)CC1. The first-order valence-corrected chi connectivity index (χ1v) is 7.43. The second-order valence-electron chi connectivity index (χ2n) is 5.44. The minimum absolute atomic E-state index is 0.145. The second-order valence-corrected chi connectivity index (χ2v) is 5.44. The number of H-pyrrole nitrogens is 1. The zero-order chi connectivity index (χ0) is 17.2. The molecule has 128 valence electrons. The van der Waals surface area contributed by atoms with E-state index in [2.05, 4.69) is 19.9 Å². The van der Waals surface area contributed by atoms with Crippen LogP contribution in [0.1, 0.15) is 23.3 Å². The Balaban J connectivity index is 1.61. The van der Waals surface area contributed by atoms with Crippen LogP contribution in [0.2, 0.25) is 0 Å². The van der Waals surface area contributed by atoms with E-state index in [9.17, 15) is 18.0 Å². The summed E-state index contributed by atoms with van der Waals surface area (Å²) in [4.78, 5) is 18.0. The molecule has 0 aromatic carbocycles. The molecule has 0 atom stereocenters. The van der Waals surface area contributed by atoms with Crippen LogP contribution in [-0.2, 0) is 4.74 Å². The molecule has 0 spiro atoms. The number of aromatic amines is 1.